The Morgan fingerprint density at radius 2 is 2.33 bits per heavy atom. The quantitative estimate of drug-likeness (QED) is 0.752. The molecule has 1 heterocycles. The Hall–Kier alpha value is -0.680. The third kappa shape index (κ3) is 1.73. The molecule has 66 valence electrons. The molecular weight excluding hydrogens is 172 g/mol. The number of nitrogen functional groups attached to an aromatic ring is 1. The van der Waals surface area contributed by atoms with Crippen LogP contribution in [0.25, 0.3) is 0 Å². The fourth-order valence-corrected chi connectivity index (χ4v) is 1.86. The normalized spacial score (nSPS) is 17.2. The molecule has 0 spiro atoms. The van der Waals surface area contributed by atoms with Crippen LogP contribution in [0.3, 0.4) is 0 Å². The minimum Gasteiger partial charge on any atom is -0.374 e. The second kappa shape index (κ2) is 2.99. The summed E-state index contributed by atoms with van der Waals surface area (Å²) in [6.45, 7) is 0.888. The summed E-state index contributed by atoms with van der Waals surface area (Å²) in [5, 5.41) is 9.32. The van der Waals surface area contributed by atoms with Gasteiger partial charge in [0.25, 0.3) is 0 Å². The van der Waals surface area contributed by atoms with Crippen molar-refractivity contribution in [1.29, 1.82) is 0 Å². The van der Waals surface area contributed by atoms with Gasteiger partial charge in [0.2, 0.25) is 5.13 Å². The molecule has 0 saturated heterocycles. The number of rotatable bonds is 3. The maximum atomic E-state index is 5.47. The van der Waals surface area contributed by atoms with E-state index in [1.807, 2.05) is 0 Å². The molecule has 1 aliphatic rings. The second-order valence-electron chi connectivity index (χ2n) is 3.18. The fraction of sp³-hybridized carbons (Fsp3) is 0.714. The third-order valence-electron chi connectivity index (χ3n) is 2.04. The molecule has 0 bridgehead atoms. The van der Waals surface area contributed by atoms with Gasteiger partial charge in [-0.1, -0.05) is 11.3 Å². The maximum absolute atomic E-state index is 5.47. The van der Waals surface area contributed by atoms with E-state index in [0.717, 1.165) is 17.6 Å². The van der Waals surface area contributed by atoms with Gasteiger partial charge in [-0.15, -0.1) is 10.2 Å². The van der Waals surface area contributed by atoms with Crippen molar-refractivity contribution in [3.8, 4) is 0 Å². The zero-order chi connectivity index (χ0) is 8.55. The Kier molecular flexibility index (Phi) is 1.98. The molecule has 4 nitrogen and oxygen atoms in total. The van der Waals surface area contributed by atoms with E-state index in [-0.39, 0.29) is 0 Å². The highest BCUT2D eigenvalue weighted by molar-refractivity contribution is 7.15. The number of hydrogen-bond acceptors (Lipinski definition) is 5. The Balaban J connectivity index is 1.93. The Labute approximate surface area is 75.4 Å². The monoisotopic (exact) mass is 184 g/mol. The van der Waals surface area contributed by atoms with Gasteiger partial charge in [0.1, 0.15) is 5.01 Å². The first-order chi connectivity index (χ1) is 5.75. The number of nitrogens with zero attached hydrogens (tertiary/aromatic N) is 3. The van der Waals surface area contributed by atoms with Gasteiger partial charge in [-0.05, 0) is 19.9 Å². The number of hydrogen-bond donors (Lipinski definition) is 1. The van der Waals surface area contributed by atoms with E-state index in [9.17, 15) is 0 Å². The van der Waals surface area contributed by atoms with Crippen LogP contribution < -0.4 is 5.73 Å². The molecule has 0 aliphatic heterocycles. The van der Waals surface area contributed by atoms with Crippen molar-refractivity contribution in [1.82, 2.24) is 15.1 Å². The molecule has 0 amide bonds. The lowest BCUT2D eigenvalue weighted by Crippen LogP contribution is -2.19. The highest BCUT2D eigenvalue weighted by atomic mass is 32.1. The molecule has 0 aromatic carbocycles. The van der Waals surface area contributed by atoms with E-state index < -0.39 is 0 Å². The van der Waals surface area contributed by atoms with Crippen molar-refractivity contribution >= 4 is 16.5 Å². The SMILES string of the molecule is CN(Cc1nnc(N)s1)C1CC1. The van der Waals surface area contributed by atoms with Gasteiger partial charge in [0.15, 0.2) is 0 Å². The Morgan fingerprint density at radius 1 is 1.58 bits per heavy atom. The van der Waals surface area contributed by atoms with Gasteiger partial charge in [-0.3, -0.25) is 4.90 Å². The fourth-order valence-electron chi connectivity index (χ4n) is 1.19. The summed E-state index contributed by atoms with van der Waals surface area (Å²) in [5.74, 6) is 0. The van der Waals surface area contributed by atoms with Gasteiger partial charge in [-0.2, -0.15) is 0 Å². The first-order valence-corrected chi connectivity index (χ1v) is 4.85. The summed E-state index contributed by atoms with van der Waals surface area (Å²) in [4.78, 5) is 2.31. The zero-order valence-electron chi connectivity index (χ0n) is 7.03. The lowest BCUT2D eigenvalue weighted by Gasteiger charge is -2.12. The molecule has 1 fully saturated rings. The number of aromatic nitrogens is 2. The highest BCUT2D eigenvalue weighted by Crippen LogP contribution is 2.27. The predicted octanol–water partition coefficient (Wildman–Crippen LogP) is 0.714. The van der Waals surface area contributed by atoms with Gasteiger partial charge in [0, 0.05) is 6.04 Å². The van der Waals surface area contributed by atoms with Crippen LogP contribution in [0.4, 0.5) is 5.13 Å². The first-order valence-electron chi connectivity index (χ1n) is 4.04. The molecular formula is C7H12N4S. The minimum atomic E-state index is 0.564. The number of nitrogens with two attached hydrogens (primary N) is 1. The van der Waals surface area contributed by atoms with E-state index in [0.29, 0.717) is 5.13 Å². The molecule has 1 saturated carbocycles. The van der Waals surface area contributed by atoms with Crippen molar-refractivity contribution in [2.75, 3.05) is 12.8 Å². The Bertz CT molecular complexity index is 268. The summed E-state index contributed by atoms with van der Waals surface area (Å²) in [6, 6.07) is 0.773. The molecule has 1 aromatic heterocycles. The molecule has 0 unspecified atom stereocenters. The molecule has 0 radical (unpaired) electrons. The lowest BCUT2D eigenvalue weighted by molar-refractivity contribution is 0.315. The van der Waals surface area contributed by atoms with Crippen LogP contribution in [0.5, 0.6) is 0 Å². The zero-order valence-corrected chi connectivity index (χ0v) is 7.84. The van der Waals surface area contributed by atoms with E-state index >= 15 is 0 Å². The minimum absolute atomic E-state index is 0.564. The smallest absolute Gasteiger partial charge is 0.203 e. The van der Waals surface area contributed by atoms with Gasteiger partial charge < -0.3 is 5.73 Å². The van der Waals surface area contributed by atoms with Gasteiger partial charge in [-0.25, -0.2) is 0 Å². The Morgan fingerprint density at radius 3 is 2.83 bits per heavy atom. The predicted molar refractivity (Wildman–Crippen MR) is 48.8 cm³/mol. The van der Waals surface area contributed by atoms with Crippen molar-refractivity contribution in [2.24, 2.45) is 0 Å². The van der Waals surface area contributed by atoms with Crippen LogP contribution in [-0.4, -0.2) is 28.2 Å². The van der Waals surface area contributed by atoms with E-state index in [4.69, 9.17) is 5.73 Å². The van der Waals surface area contributed by atoms with Crippen molar-refractivity contribution in [2.45, 2.75) is 25.4 Å². The summed E-state index contributed by atoms with van der Waals surface area (Å²) >= 11 is 1.48. The summed E-state index contributed by atoms with van der Waals surface area (Å²) < 4.78 is 0. The van der Waals surface area contributed by atoms with E-state index in [2.05, 4.69) is 22.1 Å². The standard InChI is InChI=1S/C7H12N4S/c1-11(5-2-3-5)4-6-9-10-7(8)12-6/h5H,2-4H2,1H3,(H2,8,10). The van der Waals surface area contributed by atoms with Crippen LogP contribution in [-0.2, 0) is 6.54 Å². The molecule has 0 atom stereocenters. The first kappa shape index (κ1) is 7.94. The molecule has 1 aromatic rings. The van der Waals surface area contributed by atoms with Crippen molar-refractivity contribution in [3.05, 3.63) is 5.01 Å². The number of anilines is 1. The van der Waals surface area contributed by atoms with Crippen molar-refractivity contribution in [3.63, 3.8) is 0 Å². The van der Waals surface area contributed by atoms with Crippen LogP contribution >= 0.6 is 11.3 Å². The maximum Gasteiger partial charge on any atom is 0.203 e. The van der Waals surface area contributed by atoms with Crippen LogP contribution in [0, 0.1) is 0 Å². The van der Waals surface area contributed by atoms with Gasteiger partial charge in [0.05, 0.1) is 6.54 Å². The summed E-state index contributed by atoms with van der Waals surface area (Å²) in [6.07, 6.45) is 2.65. The molecule has 2 N–H and O–H groups in total. The van der Waals surface area contributed by atoms with Crippen molar-refractivity contribution < 1.29 is 0 Å². The summed E-state index contributed by atoms with van der Waals surface area (Å²) in [7, 11) is 2.12. The van der Waals surface area contributed by atoms with E-state index in [1.165, 1.54) is 24.2 Å². The molecule has 5 heteroatoms. The topological polar surface area (TPSA) is 55.0 Å². The van der Waals surface area contributed by atoms with Crippen LogP contribution in [0.15, 0.2) is 0 Å². The average molecular weight is 184 g/mol. The highest BCUT2D eigenvalue weighted by Gasteiger charge is 2.26. The summed E-state index contributed by atoms with van der Waals surface area (Å²) in [5.41, 5.74) is 5.47. The molecule has 1 aliphatic carbocycles. The largest absolute Gasteiger partial charge is 0.374 e. The molecule has 12 heavy (non-hydrogen) atoms. The molecule has 2 rings (SSSR count). The van der Waals surface area contributed by atoms with Crippen LogP contribution in [0.2, 0.25) is 0 Å². The lowest BCUT2D eigenvalue weighted by atomic mass is 10.5. The average Bonchev–Trinajstić information content (AvgIpc) is 2.78. The second-order valence-corrected chi connectivity index (χ2v) is 4.27. The van der Waals surface area contributed by atoms with E-state index in [1.54, 1.807) is 0 Å². The van der Waals surface area contributed by atoms with Crippen LogP contribution in [0.1, 0.15) is 17.8 Å². The third-order valence-corrected chi connectivity index (χ3v) is 2.77. The van der Waals surface area contributed by atoms with Gasteiger partial charge >= 0.3 is 0 Å².